The van der Waals surface area contributed by atoms with Crippen molar-refractivity contribution in [2.45, 2.75) is 25.8 Å². The molecule has 3 heteroatoms. The normalized spacial score (nSPS) is 11.9. The number of aryl methyl sites for hydroxylation is 1. The molecule has 0 bridgehead atoms. The second kappa shape index (κ2) is 7.64. The van der Waals surface area contributed by atoms with Gasteiger partial charge in [0, 0.05) is 24.5 Å². The SMILES string of the molecule is CCc1ccc(NC(=O)[C@H](Cc2ccccc2)n2cccc2)cc1. The van der Waals surface area contributed by atoms with Crippen molar-refractivity contribution < 1.29 is 4.79 Å². The molecule has 3 rings (SSSR count). The number of anilines is 1. The number of rotatable bonds is 6. The van der Waals surface area contributed by atoms with Crippen molar-refractivity contribution in [3.63, 3.8) is 0 Å². The molecule has 3 aromatic rings. The Labute approximate surface area is 143 Å². The van der Waals surface area contributed by atoms with Gasteiger partial charge in [0.1, 0.15) is 6.04 Å². The minimum atomic E-state index is -0.270. The molecule has 0 saturated heterocycles. The van der Waals surface area contributed by atoms with Crippen molar-refractivity contribution >= 4 is 11.6 Å². The van der Waals surface area contributed by atoms with E-state index in [-0.39, 0.29) is 11.9 Å². The van der Waals surface area contributed by atoms with Crippen LogP contribution in [0.3, 0.4) is 0 Å². The lowest BCUT2D eigenvalue weighted by Crippen LogP contribution is -2.27. The minimum absolute atomic E-state index is 0.000647. The monoisotopic (exact) mass is 318 g/mol. The summed E-state index contributed by atoms with van der Waals surface area (Å²) in [6, 6.07) is 21.8. The Kier molecular flexibility index (Phi) is 5.12. The van der Waals surface area contributed by atoms with E-state index in [1.807, 2.05) is 59.4 Å². The van der Waals surface area contributed by atoms with E-state index in [4.69, 9.17) is 0 Å². The first-order valence-corrected chi connectivity index (χ1v) is 8.32. The van der Waals surface area contributed by atoms with Crippen LogP contribution >= 0.6 is 0 Å². The summed E-state index contributed by atoms with van der Waals surface area (Å²) in [6.07, 6.45) is 5.53. The van der Waals surface area contributed by atoms with Gasteiger partial charge in [0.25, 0.3) is 0 Å². The average molecular weight is 318 g/mol. The number of benzene rings is 2. The van der Waals surface area contributed by atoms with Crippen LogP contribution in [0.15, 0.2) is 79.1 Å². The van der Waals surface area contributed by atoms with Gasteiger partial charge in [0.15, 0.2) is 0 Å². The highest BCUT2D eigenvalue weighted by atomic mass is 16.2. The molecule has 24 heavy (non-hydrogen) atoms. The molecule has 0 unspecified atom stereocenters. The van der Waals surface area contributed by atoms with Crippen molar-refractivity contribution in [2.24, 2.45) is 0 Å². The fourth-order valence-electron chi connectivity index (χ4n) is 2.78. The summed E-state index contributed by atoms with van der Waals surface area (Å²) in [4.78, 5) is 12.8. The standard InChI is InChI=1S/C21H22N2O/c1-2-17-10-12-19(13-11-17)22-21(24)20(23-14-6-7-15-23)16-18-8-4-3-5-9-18/h3-15,20H,2,16H2,1H3,(H,22,24)/t20-/m0/s1. The lowest BCUT2D eigenvalue weighted by Gasteiger charge is -2.19. The Balaban J connectivity index is 1.78. The van der Waals surface area contributed by atoms with Crippen LogP contribution < -0.4 is 5.32 Å². The highest BCUT2D eigenvalue weighted by molar-refractivity contribution is 5.93. The predicted molar refractivity (Wildman–Crippen MR) is 98.1 cm³/mol. The van der Waals surface area contributed by atoms with Crippen molar-refractivity contribution in [1.82, 2.24) is 4.57 Å². The quantitative estimate of drug-likeness (QED) is 0.714. The Bertz CT molecular complexity index is 761. The van der Waals surface area contributed by atoms with Gasteiger partial charge in [-0.1, -0.05) is 49.4 Å². The molecule has 1 atom stereocenters. The number of hydrogen-bond acceptors (Lipinski definition) is 1. The summed E-state index contributed by atoms with van der Waals surface area (Å²) in [5, 5.41) is 3.04. The van der Waals surface area contributed by atoms with E-state index in [1.165, 1.54) is 5.56 Å². The van der Waals surface area contributed by atoms with Crippen LogP contribution in [0.5, 0.6) is 0 Å². The first-order valence-electron chi connectivity index (χ1n) is 8.32. The van der Waals surface area contributed by atoms with Crippen LogP contribution in [0.4, 0.5) is 5.69 Å². The Morgan fingerprint density at radius 1 is 0.917 bits per heavy atom. The molecular weight excluding hydrogens is 296 g/mol. The lowest BCUT2D eigenvalue weighted by atomic mass is 10.0. The number of carbonyl (C=O) groups is 1. The molecule has 0 saturated carbocycles. The van der Waals surface area contributed by atoms with Gasteiger partial charge in [-0.15, -0.1) is 0 Å². The van der Waals surface area contributed by atoms with E-state index in [2.05, 4.69) is 36.5 Å². The third-order valence-corrected chi connectivity index (χ3v) is 4.19. The molecule has 0 aliphatic rings. The van der Waals surface area contributed by atoms with Crippen LogP contribution in [0.1, 0.15) is 24.1 Å². The number of aromatic nitrogens is 1. The number of amides is 1. The van der Waals surface area contributed by atoms with Crippen molar-refractivity contribution in [1.29, 1.82) is 0 Å². The third kappa shape index (κ3) is 3.93. The van der Waals surface area contributed by atoms with Crippen LogP contribution in [-0.2, 0) is 17.6 Å². The highest BCUT2D eigenvalue weighted by Gasteiger charge is 2.20. The summed E-state index contributed by atoms with van der Waals surface area (Å²) in [5.74, 6) is -0.000647. The largest absolute Gasteiger partial charge is 0.342 e. The van der Waals surface area contributed by atoms with Crippen molar-refractivity contribution in [2.75, 3.05) is 5.32 Å². The molecular formula is C21H22N2O. The number of hydrogen-bond donors (Lipinski definition) is 1. The molecule has 0 aliphatic heterocycles. The van der Waals surface area contributed by atoms with Gasteiger partial charge in [-0.2, -0.15) is 0 Å². The van der Waals surface area contributed by atoms with E-state index in [1.54, 1.807) is 0 Å². The number of carbonyl (C=O) groups excluding carboxylic acids is 1. The summed E-state index contributed by atoms with van der Waals surface area (Å²) in [7, 11) is 0. The second-order valence-electron chi connectivity index (χ2n) is 5.88. The van der Waals surface area contributed by atoms with E-state index < -0.39 is 0 Å². The molecule has 3 nitrogen and oxygen atoms in total. The van der Waals surface area contributed by atoms with Crippen molar-refractivity contribution in [3.8, 4) is 0 Å². The van der Waals surface area contributed by atoms with Crippen LogP contribution in [0.2, 0.25) is 0 Å². The second-order valence-corrected chi connectivity index (χ2v) is 5.88. The maximum atomic E-state index is 12.8. The first kappa shape index (κ1) is 16.1. The van der Waals surface area contributed by atoms with E-state index in [0.29, 0.717) is 6.42 Å². The highest BCUT2D eigenvalue weighted by Crippen LogP contribution is 2.18. The molecule has 0 fully saturated rings. The zero-order valence-corrected chi connectivity index (χ0v) is 13.9. The summed E-state index contributed by atoms with van der Waals surface area (Å²) >= 11 is 0. The summed E-state index contributed by atoms with van der Waals surface area (Å²) in [5.41, 5.74) is 3.24. The van der Waals surface area contributed by atoms with Gasteiger partial charge in [-0.25, -0.2) is 0 Å². The van der Waals surface area contributed by atoms with Crippen LogP contribution in [0, 0.1) is 0 Å². The van der Waals surface area contributed by atoms with Gasteiger partial charge >= 0.3 is 0 Å². The summed E-state index contributed by atoms with van der Waals surface area (Å²) < 4.78 is 1.96. The molecule has 1 aromatic heterocycles. The maximum absolute atomic E-state index is 12.8. The van der Waals surface area contributed by atoms with Gasteiger partial charge < -0.3 is 9.88 Å². The molecule has 0 radical (unpaired) electrons. The molecule has 0 aliphatic carbocycles. The Morgan fingerprint density at radius 3 is 2.21 bits per heavy atom. The van der Waals surface area contributed by atoms with E-state index in [9.17, 15) is 4.79 Å². The topological polar surface area (TPSA) is 34.0 Å². The average Bonchev–Trinajstić information content (AvgIpc) is 3.15. The maximum Gasteiger partial charge on any atom is 0.247 e. The van der Waals surface area contributed by atoms with Crippen molar-refractivity contribution in [3.05, 3.63) is 90.3 Å². The lowest BCUT2D eigenvalue weighted by molar-refractivity contribution is -0.119. The number of nitrogens with one attached hydrogen (secondary N) is 1. The third-order valence-electron chi connectivity index (χ3n) is 4.19. The minimum Gasteiger partial charge on any atom is -0.342 e. The molecule has 1 heterocycles. The molecule has 122 valence electrons. The van der Waals surface area contributed by atoms with Gasteiger partial charge in [0.2, 0.25) is 5.91 Å². The number of nitrogens with zero attached hydrogens (tertiary/aromatic N) is 1. The predicted octanol–water partition coefficient (Wildman–Crippen LogP) is 4.47. The molecule has 2 aromatic carbocycles. The zero-order chi connectivity index (χ0) is 16.8. The smallest absolute Gasteiger partial charge is 0.247 e. The summed E-state index contributed by atoms with van der Waals surface area (Å²) in [6.45, 7) is 2.12. The molecule has 1 amide bonds. The fraction of sp³-hybridized carbons (Fsp3) is 0.190. The first-order chi connectivity index (χ1) is 11.8. The fourth-order valence-corrected chi connectivity index (χ4v) is 2.78. The van der Waals surface area contributed by atoms with Gasteiger partial charge in [-0.05, 0) is 41.8 Å². The van der Waals surface area contributed by atoms with Crippen LogP contribution in [0.25, 0.3) is 0 Å². The van der Waals surface area contributed by atoms with E-state index in [0.717, 1.165) is 17.7 Å². The Morgan fingerprint density at radius 2 is 1.58 bits per heavy atom. The van der Waals surface area contributed by atoms with E-state index >= 15 is 0 Å². The Hall–Kier alpha value is -2.81. The zero-order valence-electron chi connectivity index (χ0n) is 13.9. The van der Waals surface area contributed by atoms with Gasteiger partial charge in [0.05, 0.1) is 0 Å². The molecule has 0 spiro atoms. The van der Waals surface area contributed by atoms with Crippen LogP contribution in [-0.4, -0.2) is 10.5 Å². The van der Waals surface area contributed by atoms with Gasteiger partial charge in [-0.3, -0.25) is 4.79 Å². The molecule has 1 N–H and O–H groups in total.